The van der Waals surface area contributed by atoms with E-state index in [9.17, 15) is 9.59 Å². The van der Waals surface area contributed by atoms with E-state index in [1.54, 1.807) is 0 Å². The maximum absolute atomic E-state index is 12.2. The molecule has 18 heavy (non-hydrogen) atoms. The van der Waals surface area contributed by atoms with Gasteiger partial charge in [-0.25, -0.2) is 0 Å². The molecule has 3 aliphatic rings. The highest BCUT2D eigenvalue weighted by molar-refractivity contribution is 5.83. The molecule has 0 bridgehead atoms. The van der Waals surface area contributed by atoms with Gasteiger partial charge in [0.25, 0.3) is 0 Å². The summed E-state index contributed by atoms with van der Waals surface area (Å²) in [5, 5.41) is 3.24. The molecular formula is C13H21N3O2. The number of piperazine rings is 1. The van der Waals surface area contributed by atoms with E-state index < -0.39 is 0 Å². The van der Waals surface area contributed by atoms with Crippen molar-refractivity contribution in [1.82, 2.24) is 15.1 Å². The van der Waals surface area contributed by atoms with Gasteiger partial charge in [0.2, 0.25) is 11.8 Å². The zero-order valence-corrected chi connectivity index (χ0v) is 10.7. The van der Waals surface area contributed by atoms with E-state index in [0.717, 1.165) is 32.2 Å². The monoisotopic (exact) mass is 251 g/mol. The molecule has 0 aromatic rings. The van der Waals surface area contributed by atoms with Crippen molar-refractivity contribution in [3.8, 4) is 0 Å². The summed E-state index contributed by atoms with van der Waals surface area (Å²) in [5.74, 6) is 0.830. The molecule has 1 saturated carbocycles. The van der Waals surface area contributed by atoms with Crippen molar-refractivity contribution < 1.29 is 9.59 Å². The average Bonchev–Trinajstić information content (AvgIpc) is 3.12. The van der Waals surface area contributed by atoms with E-state index in [0.29, 0.717) is 38.0 Å². The molecule has 100 valence electrons. The third-order valence-corrected chi connectivity index (χ3v) is 4.19. The summed E-state index contributed by atoms with van der Waals surface area (Å²) in [6, 6.07) is 0.0238. The highest BCUT2D eigenvalue weighted by atomic mass is 16.2. The molecule has 2 saturated heterocycles. The smallest absolute Gasteiger partial charge is 0.239 e. The normalized spacial score (nSPS) is 28.6. The zero-order chi connectivity index (χ0) is 12.5. The highest BCUT2D eigenvalue weighted by Gasteiger charge is 2.36. The predicted octanol–water partition coefficient (Wildman–Crippen LogP) is -0.181. The second kappa shape index (κ2) is 4.88. The van der Waals surface area contributed by atoms with Crippen molar-refractivity contribution in [3.63, 3.8) is 0 Å². The van der Waals surface area contributed by atoms with Crippen LogP contribution in [0.3, 0.4) is 0 Å². The molecule has 2 heterocycles. The number of hydrogen-bond acceptors (Lipinski definition) is 3. The SMILES string of the molecule is O=C(C1CC1)N1CCN(C(=O)C2CCCN2)CC1. The topological polar surface area (TPSA) is 52.7 Å². The Hall–Kier alpha value is -1.10. The third kappa shape index (κ3) is 2.36. The van der Waals surface area contributed by atoms with E-state index in [4.69, 9.17) is 0 Å². The summed E-state index contributed by atoms with van der Waals surface area (Å²) in [7, 11) is 0. The Morgan fingerprint density at radius 2 is 1.50 bits per heavy atom. The van der Waals surface area contributed by atoms with Crippen LogP contribution in [0.5, 0.6) is 0 Å². The largest absolute Gasteiger partial charge is 0.339 e. The van der Waals surface area contributed by atoms with Gasteiger partial charge in [-0.3, -0.25) is 9.59 Å². The van der Waals surface area contributed by atoms with Crippen LogP contribution in [0.4, 0.5) is 0 Å². The number of nitrogens with one attached hydrogen (secondary N) is 1. The fourth-order valence-corrected chi connectivity index (χ4v) is 2.85. The van der Waals surface area contributed by atoms with Crippen molar-refractivity contribution in [3.05, 3.63) is 0 Å². The first-order chi connectivity index (χ1) is 8.75. The summed E-state index contributed by atoms with van der Waals surface area (Å²) < 4.78 is 0. The molecule has 3 rings (SSSR count). The fourth-order valence-electron chi connectivity index (χ4n) is 2.85. The summed E-state index contributed by atoms with van der Waals surface area (Å²) in [4.78, 5) is 27.9. The Bertz CT molecular complexity index is 340. The first-order valence-corrected chi connectivity index (χ1v) is 7.06. The minimum Gasteiger partial charge on any atom is -0.339 e. The minimum atomic E-state index is 0.0238. The van der Waals surface area contributed by atoms with Gasteiger partial charge in [-0.15, -0.1) is 0 Å². The lowest BCUT2D eigenvalue weighted by atomic mass is 10.2. The molecule has 0 aromatic carbocycles. The zero-order valence-electron chi connectivity index (χ0n) is 10.7. The van der Waals surface area contributed by atoms with Gasteiger partial charge in [0.15, 0.2) is 0 Å². The Labute approximate surface area is 107 Å². The van der Waals surface area contributed by atoms with Gasteiger partial charge in [0.05, 0.1) is 6.04 Å². The van der Waals surface area contributed by atoms with Crippen LogP contribution in [0, 0.1) is 5.92 Å². The van der Waals surface area contributed by atoms with Crippen molar-refractivity contribution in [2.75, 3.05) is 32.7 Å². The van der Waals surface area contributed by atoms with E-state index in [1.165, 1.54) is 0 Å². The Morgan fingerprint density at radius 3 is 2.00 bits per heavy atom. The molecule has 0 aromatic heterocycles. The van der Waals surface area contributed by atoms with Crippen LogP contribution in [0.2, 0.25) is 0 Å². The van der Waals surface area contributed by atoms with Crippen LogP contribution in [0.15, 0.2) is 0 Å². The summed E-state index contributed by atoms with van der Waals surface area (Å²) >= 11 is 0. The molecule has 2 aliphatic heterocycles. The van der Waals surface area contributed by atoms with Crippen LogP contribution < -0.4 is 5.32 Å². The third-order valence-electron chi connectivity index (χ3n) is 4.19. The van der Waals surface area contributed by atoms with Gasteiger partial charge in [0, 0.05) is 32.1 Å². The van der Waals surface area contributed by atoms with Crippen LogP contribution in [0.1, 0.15) is 25.7 Å². The summed E-state index contributed by atoms with van der Waals surface area (Å²) in [5.41, 5.74) is 0. The van der Waals surface area contributed by atoms with Gasteiger partial charge >= 0.3 is 0 Å². The second-order valence-electron chi connectivity index (χ2n) is 5.57. The molecule has 2 amide bonds. The summed E-state index contributed by atoms with van der Waals surface area (Å²) in [6.45, 7) is 3.79. The second-order valence-corrected chi connectivity index (χ2v) is 5.57. The van der Waals surface area contributed by atoms with E-state index >= 15 is 0 Å². The number of rotatable bonds is 2. The van der Waals surface area contributed by atoms with Crippen molar-refractivity contribution in [2.45, 2.75) is 31.7 Å². The molecule has 1 N–H and O–H groups in total. The number of hydrogen-bond donors (Lipinski definition) is 1. The maximum atomic E-state index is 12.2. The standard InChI is InChI=1S/C13H21N3O2/c17-12(10-3-4-10)15-6-8-16(9-7-15)13(18)11-2-1-5-14-11/h10-11,14H,1-9H2. The van der Waals surface area contributed by atoms with Gasteiger partial charge in [-0.05, 0) is 32.2 Å². The fraction of sp³-hybridized carbons (Fsp3) is 0.846. The van der Waals surface area contributed by atoms with Crippen molar-refractivity contribution in [1.29, 1.82) is 0 Å². The minimum absolute atomic E-state index is 0.0238. The maximum Gasteiger partial charge on any atom is 0.239 e. The van der Waals surface area contributed by atoms with Gasteiger partial charge in [0.1, 0.15) is 0 Å². The molecule has 5 nitrogen and oxygen atoms in total. The van der Waals surface area contributed by atoms with Crippen molar-refractivity contribution in [2.24, 2.45) is 5.92 Å². The average molecular weight is 251 g/mol. The lowest BCUT2D eigenvalue weighted by Gasteiger charge is -2.36. The number of nitrogens with zero attached hydrogens (tertiary/aromatic N) is 2. The predicted molar refractivity (Wildman–Crippen MR) is 66.9 cm³/mol. The van der Waals surface area contributed by atoms with Crippen molar-refractivity contribution >= 4 is 11.8 Å². The number of carbonyl (C=O) groups is 2. The number of amides is 2. The van der Waals surface area contributed by atoms with Crippen LogP contribution in [-0.4, -0.2) is 60.4 Å². The number of carbonyl (C=O) groups excluding carboxylic acids is 2. The lowest BCUT2D eigenvalue weighted by molar-refractivity contribution is -0.141. The first kappa shape index (κ1) is 12.0. The molecular weight excluding hydrogens is 230 g/mol. The highest BCUT2D eigenvalue weighted by Crippen LogP contribution is 2.31. The summed E-state index contributed by atoms with van der Waals surface area (Å²) in [6.07, 6.45) is 4.17. The van der Waals surface area contributed by atoms with Gasteiger partial charge in [-0.2, -0.15) is 0 Å². The molecule has 1 atom stereocenters. The molecule has 1 unspecified atom stereocenters. The van der Waals surface area contributed by atoms with Gasteiger partial charge < -0.3 is 15.1 Å². The molecule has 5 heteroatoms. The van der Waals surface area contributed by atoms with Gasteiger partial charge in [-0.1, -0.05) is 0 Å². The Balaban J connectivity index is 1.49. The van der Waals surface area contributed by atoms with Crippen LogP contribution >= 0.6 is 0 Å². The molecule has 0 spiro atoms. The molecule has 3 fully saturated rings. The molecule has 1 aliphatic carbocycles. The van der Waals surface area contributed by atoms with Crippen LogP contribution in [0.25, 0.3) is 0 Å². The Kier molecular flexibility index (Phi) is 3.24. The first-order valence-electron chi connectivity index (χ1n) is 7.06. The Morgan fingerprint density at radius 1 is 0.889 bits per heavy atom. The lowest BCUT2D eigenvalue weighted by Crippen LogP contribution is -2.54. The van der Waals surface area contributed by atoms with E-state index in [1.807, 2.05) is 9.80 Å². The van der Waals surface area contributed by atoms with Crippen LogP contribution in [-0.2, 0) is 9.59 Å². The quantitative estimate of drug-likeness (QED) is 0.740. The molecule has 0 radical (unpaired) electrons. The van der Waals surface area contributed by atoms with E-state index in [2.05, 4.69) is 5.32 Å². The van der Waals surface area contributed by atoms with E-state index in [-0.39, 0.29) is 11.9 Å².